The number of halogens is 1. The molecule has 2 rings (SSSR count). The van der Waals surface area contributed by atoms with Crippen LogP contribution in [0.25, 0.3) is 5.69 Å². The van der Waals surface area contributed by atoms with Gasteiger partial charge in [-0.25, -0.2) is 4.68 Å². The van der Waals surface area contributed by atoms with Gasteiger partial charge in [-0.1, -0.05) is 13.8 Å². The predicted molar refractivity (Wildman–Crippen MR) is 109 cm³/mol. The van der Waals surface area contributed by atoms with Crippen molar-refractivity contribution in [1.29, 1.82) is 0 Å². The summed E-state index contributed by atoms with van der Waals surface area (Å²) >= 11 is 0. The van der Waals surface area contributed by atoms with E-state index in [0.29, 0.717) is 12.5 Å². The summed E-state index contributed by atoms with van der Waals surface area (Å²) in [4.78, 5) is 4.21. The molecular weight excluding hydrogens is 417 g/mol. The molecule has 1 aromatic heterocycles. The number of hydrogen-bond donors (Lipinski definition) is 2. The van der Waals surface area contributed by atoms with Gasteiger partial charge in [-0.05, 0) is 36.2 Å². The van der Waals surface area contributed by atoms with Gasteiger partial charge in [0, 0.05) is 19.8 Å². The summed E-state index contributed by atoms with van der Waals surface area (Å²) in [6.45, 7) is 5.84. The van der Waals surface area contributed by atoms with Gasteiger partial charge in [-0.15, -0.1) is 24.0 Å². The second-order valence-corrected chi connectivity index (χ2v) is 5.65. The maximum atomic E-state index is 5.17. The van der Waals surface area contributed by atoms with Crippen molar-refractivity contribution in [2.45, 2.75) is 20.4 Å². The number of nitrogens with one attached hydrogen (secondary N) is 2. The molecule has 0 bridgehead atoms. The average molecular weight is 443 g/mol. The van der Waals surface area contributed by atoms with Gasteiger partial charge >= 0.3 is 0 Å². The molecule has 0 amide bonds. The molecule has 2 N–H and O–H groups in total. The van der Waals surface area contributed by atoms with Crippen LogP contribution in [0.2, 0.25) is 0 Å². The van der Waals surface area contributed by atoms with E-state index in [9.17, 15) is 0 Å². The Balaban J connectivity index is 0.00000288. The summed E-state index contributed by atoms with van der Waals surface area (Å²) in [5, 5.41) is 11.1. The van der Waals surface area contributed by atoms with E-state index in [1.54, 1.807) is 14.2 Å². The molecule has 0 aliphatic rings. The first-order chi connectivity index (χ1) is 11.1. The number of methoxy groups -OCH3 is 1. The van der Waals surface area contributed by atoms with Crippen molar-refractivity contribution in [3.8, 4) is 11.4 Å². The lowest BCUT2D eigenvalue weighted by Crippen LogP contribution is -2.38. The number of nitrogens with zero attached hydrogens (tertiary/aromatic N) is 3. The Labute approximate surface area is 160 Å². The molecular formula is C17H26IN5O. The number of benzene rings is 1. The molecule has 2 aromatic rings. The Kier molecular flexibility index (Phi) is 8.59. The molecule has 0 saturated carbocycles. The van der Waals surface area contributed by atoms with Gasteiger partial charge in [0.2, 0.25) is 0 Å². The highest BCUT2D eigenvalue weighted by Gasteiger charge is 2.04. The fraction of sp³-hybridized carbons (Fsp3) is 0.412. The van der Waals surface area contributed by atoms with Gasteiger partial charge in [0.05, 0.1) is 25.0 Å². The van der Waals surface area contributed by atoms with Crippen LogP contribution in [0.1, 0.15) is 19.5 Å². The summed E-state index contributed by atoms with van der Waals surface area (Å²) < 4.78 is 7.02. The molecule has 1 aromatic carbocycles. The molecule has 0 spiro atoms. The van der Waals surface area contributed by atoms with Gasteiger partial charge < -0.3 is 15.4 Å². The van der Waals surface area contributed by atoms with Crippen LogP contribution in [0.5, 0.6) is 5.75 Å². The van der Waals surface area contributed by atoms with Crippen LogP contribution < -0.4 is 15.4 Å². The van der Waals surface area contributed by atoms with Crippen LogP contribution in [0, 0.1) is 5.92 Å². The third-order valence-corrected chi connectivity index (χ3v) is 3.32. The van der Waals surface area contributed by atoms with Crippen molar-refractivity contribution in [2.24, 2.45) is 10.9 Å². The molecule has 6 nitrogen and oxygen atoms in total. The summed E-state index contributed by atoms with van der Waals surface area (Å²) in [6.07, 6.45) is 1.95. The Morgan fingerprint density at radius 2 is 1.92 bits per heavy atom. The second-order valence-electron chi connectivity index (χ2n) is 5.65. The molecule has 0 aliphatic carbocycles. The minimum Gasteiger partial charge on any atom is -0.497 e. The highest BCUT2D eigenvalue weighted by molar-refractivity contribution is 14.0. The van der Waals surface area contributed by atoms with E-state index in [0.717, 1.165) is 29.6 Å². The first kappa shape index (κ1) is 20.3. The Bertz CT molecular complexity index is 637. The minimum atomic E-state index is 0. The quantitative estimate of drug-likeness (QED) is 0.410. The van der Waals surface area contributed by atoms with E-state index < -0.39 is 0 Å². The van der Waals surface area contributed by atoms with E-state index in [2.05, 4.69) is 34.6 Å². The van der Waals surface area contributed by atoms with Crippen molar-refractivity contribution in [1.82, 2.24) is 20.4 Å². The largest absolute Gasteiger partial charge is 0.497 e. The SMILES string of the molecule is CN=C(NCc1ccn(-c2ccc(OC)cc2)n1)NCC(C)C.I. The lowest BCUT2D eigenvalue weighted by molar-refractivity contribution is 0.414. The number of guanidine groups is 1. The molecule has 0 fully saturated rings. The van der Waals surface area contributed by atoms with Crippen molar-refractivity contribution >= 4 is 29.9 Å². The van der Waals surface area contributed by atoms with E-state index in [-0.39, 0.29) is 24.0 Å². The zero-order chi connectivity index (χ0) is 16.7. The highest BCUT2D eigenvalue weighted by atomic mass is 127. The number of rotatable bonds is 6. The maximum absolute atomic E-state index is 5.17. The smallest absolute Gasteiger partial charge is 0.191 e. The summed E-state index contributed by atoms with van der Waals surface area (Å²) in [5.74, 6) is 2.20. The molecule has 0 radical (unpaired) electrons. The predicted octanol–water partition coefficient (Wildman–Crippen LogP) is 2.82. The van der Waals surface area contributed by atoms with Crippen LogP contribution in [-0.2, 0) is 6.54 Å². The molecule has 132 valence electrons. The molecule has 0 aliphatic heterocycles. The zero-order valence-electron chi connectivity index (χ0n) is 14.6. The van der Waals surface area contributed by atoms with Gasteiger partial charge in [0.25, 0.3) is 0 Å². The van der Waals surface area contributed by atoms with E-state index in [1.807, 2.05) is 41.2 Å². The molecule has 7 heteroatoms. The number of hydrogen-bond acceptors (Lipinski definition) is 3. The van der Waals surface area contributed by atoms with Gasteiger partial charge in [0.15, 0.2) is 5.96 Å². The van der Waals surface area contributed by atoms with E-state index in [4.69, 9.17) is 4.74 Å². The second kappa shape index (κ2) is 10.2. The van der Waals surface area contributed by atoms with Crippen molar-refractivity contribution in [2.75, 3.05) is 20.7 Å². The van der Waals surface area contributed by atoms with Gasteiger partial charge in [0.1, 0.15) is 5.75 Å². The maximum Gasteiger partial charge on any atom is 0.191 e. The van der Waals surface area contributed by atoms with Crippen molar-refractivity contribution in [3.63, 3.8) is 0 Å². The third kappa shape index (κ3) is 6.03. The Hall–Kier alpha value is -1.77. The third-order valence-electron chi connectivity index (χ3n) is 3.32. The Morgan fingerprint density at radius 3 is 2.50 bits per heavy atom. The number of ether oxygens (including phenoxy) is 1. The highest BCUT2D eigenvalue weighted by Crippen LogP contribution is 2.14. The molecule has 1 heterocycles. The molecule has 0 atom stereocenters. The topological polar surface area (TPSA) is 63.5 Å². The van der Waals surface area contributed by atoms with Crippen LogP contribution >= 0.6 is 24.0 Å². The lowest BCUT2D eigenvalue weighted by Gasteiger charge is -2.12. The summed E-state index contributed by atoms with van der Waals surface area (Å²) in [7, 11) is 3.43. The average Bonchev–Trinajstić information content (AvgIpc) is 3.04. The summed E-state index contributed by atoms with van der Waals surface area (Å²) in [5.41, 5.74) is 1.95. The van der Waals surface area contributed by atoms with Crippen molar-refractivity contribution < 1.29 is 4.74 Å². The fourth-order valence-electron chi connectivity index (χ4n) is 2.03. The number of aliphatic imine (C=N–C) groups is 1. The van der Waals surface area contributed by atoms with Gasteiger partial charge in [-0.2, -0.15) is 5.10 Å². The van der Waals surface area contributed by atoms with Crippen LogP contribution in [-0.4, -0.2) is 36.4 Å². The first-order valence-electron chi connectivity index (χ1n) is 7.76. The lowest BCUT2D eigenvalue weighted by atomic mass is 10.2. The van der Waals surface area contributed by atoms with Crippen LogP contribution in [0.3, 0.4) is 0 Å². The van der Waals surface area contributed by atoms with Crippen molar-refractivity contribution in [3.05, 3.63) is 42.2 Å². The van der Waals surface area contributed by atoms with Gasteiger partial charge in [-0.3, -0.25) is 4.99 Å². The first-order valence-corrected chi connectivity index (χ1v) is 7.76. The standard InChI is InChI=1S/C17H25N5O.HI/c1-13(2)11-19-17(18-3)20-12-14-9-10-22(21-14)15-5-7-16(23-4)8-6-15;/h5-10,13H,11-12H2,1-4H3,(H2,18,19,20);1H. The molecule has 24 heavy (non-hydrogen) atoms. The van der Waals surface area contributed by atoms with E-state index in [1.165, 1.54) is 0 Å². The van der Waals surface area contributed by atoms with Crippen LogP contribution in [0.4, 0.5) is 0 Å². The normalized spacial score (nSPS) is 11.1. The fourth-order valence-corrected chi connectivity index (χ4v) is 2.03. The van der Waals surface area contributed by atoms with Crippen LogP contribution in [0.15, 0.2) is 41.5 Å². The van der Waals surface area contributed by atoms with E-state index >= 15 is 0 Å². The molecule has 0 unspecified atom stereocenters. The number of aromatic nitrogens is 2. The molecule has 0 saturated heterocycles. The monoisotopic (exact) mass is 443 g/mol. The Morgan fingerprint density at radius 1 is 1.21 bits per heavy atom. The zero-order valence-corrected chi connectivity index (χ0v) is 16.9. The summed E-state index contributed by atoms with van der Waals surface area (Å²) in [6, 6.07) is 9.80. The minimum absolute atomic E-state index is 0.